The van der Waals surface area contributed by atoms with Crippen LogP contribution in [0.3, 0.4) is 0 Å². The maximum absolute atomic E-state index is 13.7. The van der Waals surface area contributed by atoms with Crippen LogP contribution in [0.25, 0.3) is 11.5 Å². The van der Waals surface area contributed by atoms with Crippen molar-refractivity contribution in [3.05, 3.63) is 107 Å². The summed E-state index contributed by atoms with van der Waals surface area (Å²) in [5, 5.41) is 0. The lowest BCUT2D eigenvalue weighted by Gasteiger charge is -2.20. The van der Waals surface area contributed by atoms with Gasteiger partial charge in [0.25, 0.3) is 11.8 Å². The van der Waals surface area contributed by atoms with Crippen molar-refractivity contribution in [2.24, 2.45) is 0 Å². The summed E-state index contributed by atoms with van der Waals surface area (Å²) < 4.78 is 17.1. The number of esters is 1. The van der Waals surface area contributed by atoms with E-state index in [9.17, 15) is 14.4 Å². The Morgan fingerprint density at radius 2 is 1.81 bits per heavy atom. The largest absolute Gasteiger partial charge is 0.493 e. The number of benzene rings is 3. The van der Waals surface area contributed by atoms with Crippen molar-refractivity contribution >= 4 is 17.8 Å². The number of ether oxygens (including phenoxy) is 2. The predicted molar refractivity (Wildman–Crippen MR) is 157 cm³/mol. The minimum atomic E-state index is -0.605. The van der Waals surface area contributed by atoms with Crippen molar-refractivity contribution in [1.82, 2.24) is 9.88 Å². The molecule has 1 aliphatic heterocycles. The summed E-state index contributed by atoms with van der Waals surface area (Å²) in [6.45, 7) is 7.95. The molecule has 8 heteroatoms. The van der Waals surface area contributed by atoms with Crippen molar-refractivity contribution in [1.29, 1.82) is 0 Å². The molecule has 2 amide bonds. The molecule has 0 aliphatic carbocycles. The van der Waals surface area contributed by atoms with Gasteiger partial charge < -0.3 is 13.9 Å². The van der Waals surface area contributed by atoms with Crippen LogP contribution < -0.4 is 4.74 Å². The Balaban J connectivity index is 1.31. The summed E-state index contributed by atoms with van der Waals surface area (Å²) in [4.78, 5) is 45.0. The van der Waals surface area contributed by atoms with Gasteiger partial charge in [0.2, 0.25) is 5.89 Å². The maximum Gasteiger partial charge on any atom is 0.306 e. The Kier molecular flexibility index (Phi) is 8.24. The number of oxazole rings is 1. The van der Waals surface area contributed by atoms with Crippen molar-refractivity contribution in [3.8, 4) is 17.2 Å². The number of amides is 2. The van der Waals surface area contributed by atoms with Crippen LogP contribution in [0.2, 0.25) is 0 Å². The molecule has 1 aliphatic rings. The number of imide groups is 1. The summed E-state index contributed by atoms with van der Waals surface area (Å²) in [5.41, 5.74) is 4.45. The molecule has 1 aromatic heterocycles. The monoisotopic (exact) mass is 566 g/mol. The van der Waals surface area contributed by atoms with Crippen LogP contribution >= 0.6 is 0 Å². The topological polar surface area (TPSA) is 98.9 Å². The summed E-state index contributed by atoms with van der Waals surface area (Å²) >= 11 is 0. The number of hydrogen-bond acceptors (Lipinski definition) is 7. The smallest absolute Gasteiger partial charge is 0.306 e. The molecule has 0 radical (unpaired) electrons. The summed E-state index contributed by atoms with van der Waals surface area (Å²) in [5.74, 6) is -0.0998. The Morgan fingerprint density at radius 1 is 1.00 bits per heavy atom. The maximum atomic E-state index is 13.7. The second-order valence-electron chi connectivity index (χ2n) is 11.4. The molecule has 42 heavy (non-hydrogen) atoms. The molecule has 216 valence electrons. The van der Waals surface area contributed by atoms with E-state index in [2.05, 4.69) is 4.98 Å². The second-order valence-corrected chi connectivity index (χ2v) is 11.4. The van der Waals surface area contributed by atoms with E-state index in [-0.39, 0.29) is 31.3 Å². The molecule has 0 unspecified atom stereocenters. The fraction of sp³-hybridized carbons (Fsp3) is 0.294. The standard InChI is InChI=1S/C34H34N2O6/c1-22-8-7-10-24(18-22)31-35-26(21-41-31)16-17-40-27-14-12-23(13-15-30(37)42-34(2,3)4)29(19-27)33(39)36-20-25-9-5-6-11-28(25)32(36)38/h5-12,14,18-19,21H,13,15-17,20H2,1-4H3. The highest BCUT2D eigenvalue weighted by Crippen LogP contribution is 2.28. The molecule has 5 rings (SSSR count). The fourth-order valence-corrected chi connectivity index (χ4v) is 4.86. The molecule has 8 nitrogen and oxygen atoms in total. The van der Waals surface area contributed by atoms with Crippen LogP contribution in [0.15, 0.2) is 77.4 Å². The minimum Gasteiger partial charge on any atom is -0.493 e. The molecule has 0 saturated carbocycles. The van der Waals surface area contributed by atoms with Crippen LogP contribution in [0.5, 0.6) is 5.75 Å². The van der Waals surface area contributed by atoms with Gasteiger partial charge in [-0.3, -0.25) is 19.3 Å². The van der Waals surface area contributed by atoms with Gasteiger partial charge in [0.05, 0.1) is 18.8 Å². The lowest BCUT2D eigenvalue weighted by atomic mass is 10.0. The predicted octanol–water partition coefficient (Wildman–Crippen LogP) is 6.34. The van der Waals surface area contributed by atoms with Gasteiger partial charge in [0.15, 0.2) is 0 Å². The first-order valence-corrected chi connectivity index (χ1v) is 14.0. The average Bonchev–Trinajstić information content (AvgIpc) is 3.56. The third-order valence-corrected chi connectivity index (χ3v) is 6.84. The highest BCUT2D eigenvalue weighted by molar-refractivity contribution is 6.13. The summed E-state index contributed by atoms with van der Waals surface area (Å²) in [7, 11) is 0. The lowest BCUT2D eigenvalue weighted by molar-refractivity contribution is -0.154. The van der Waals surface area contributed by atoms with Gasteiger partial charge in [0.1, 0.15) is 17.6 Å². The highest BCUT2D eigenvalue weighted by Gasteiger charge is 2.33. The van der Waals surface area contributed by atoms with E-state index in [4.69, 9.17) is 13.9 Å². The Morgan fingerprint density at radius 3 is 2.57 bits per heavy atom. The first-order valence-electron chi connectivity index (χ1n) is 14.0. The number of aromatic nitrogens is 1. The van der Waals surface area contributed by atoms with Crippen LogP contribution in [0.1, 0.15) is 70.3 Å². The van der Waals surface area contributed by atoms with Gasteiger partial charge in [-0.2, -0.15) is 0 Å². The van der Waals surface area contributed by atoms with Crippen molar-refractivity contribution < 1.29 is 28.3 Å². The zero-order chi connectivity index (χ0) is 29.9. The minimum absolute atomic E-state index is 0.0986. The van der Waals surface area contributed by atoms with Crippen molar-refractivity contribution in [3.63, 3.8) is 0 Å². The molecule has 0 atom stereocenters. The first-order chi connectivity index (χ1) is 20.1. The molecule has 0 bridgehead atoms. The molecular weight excluding hydrogens is 532 g/mol. The molecular formula is C34H34N2O6. The number of carbonyl (C=O) groups is 3. The first kappa shape index (κ1) is 28.8. The van der Waals surface area contributed by atoms with E-state index in [1.165, 1.54) is 4.90 Å². The Labute approximate surface area is 245 Å². The molecule has 0 saturated heterocycles. The zero-order valence-corrected chi connectivity index (χ0v) is 24.3. The van der Waals surface area contributed by atoms with Gasteiger partial charge in [0, 0.05) is 29.5 Å². The SMILES string of the molecule is Cc1cccc(-c2nc(CCOc3ccc(CCC(=O)OC(C)(C)C)c(C(=O)N4Cc5ccccc5C4=O)c3)co2)c1. The lowest BCUT2D eigenvalue weighted by Crippen LogP contribution is -2.32. The molecule has 0 N–H and O–H groups in total. The molecule has 3 aromatic carbocycles. The summed E-state index contributed by atoms with van der Waals surface area (Å²) in [6, 6.07) is 20.3. The quantitative estimate of drug-likeness (QED) is 0.172. The van der Waals surface area contributed by atoms with E-state index in [1.54, 1.807) is 36.6 Å². The summed E-state index contributed by atoms with van der Waals surface area (Å²) in [6.07, 6.45) is 2.50. The van der Waals surface area contributed by atoms with Crippen LogP contribution in [-0.2, 0) is 28.9 Å². The number of aryl methyl sites for hydroxylation is 2. The normalized spacial score (nSPS) is 12.8. The number of rotatable bonds is 9. The highest BCUT2D eigenvalue weighted by atomic mass is 16.6. The third-order valence-electron chi connectivity index (χ3n) is 6.84. The number of fused-ring (bicyclic) bond motifs is 1. The van der Waals surface area contributed by atoms with Gasteiger partial charge in [-0.15, -0.1) is 0 Å². The molecule has 2 heterocycles. The van der Waals surface area contributed by atoms with E-state index in [1.807, 2.05) is 64.1 Å². The Hall–Kier alpha value is -4.72. The van der Waals surface area contributed by atoms with E-state index < -0.39 is 11.5 Å². The zero-order valence-electron chi connectivity index (χ0n) is 24.3. The fourth-order valence-electron chi connectivity index (χ4n) is 4.86. The average molecular weight is 567 g/mol. The van der Waals surface area contributed by atoms with Crippen LogP contribution in [0.4, 0.5) is 0 Å². The molecule has 0 spiro atoms. The Bertz CT molecular complexity index is 1630. The van der Waals surface area contributed by atoms with E-state index >= 15 is 0 Å². The van der Waals surface area contributed by atoms with Gasteiger partial charge in [-0.05, 0) is 75.6 Å². The van der Waals surface area contributed by atoms with Crippen molar-refractivity contribution in [2.45, 2.75) is 59.1 Å². The molecule has 0 fully saturated rings. The van der Waals surface area contributed by atoms with E-state index in [0.717, 1.165) is 22.4 Å². The second kappa shape index (κ2) is 12.0. The van der Waals surface area contributed by atoms with Crippen LogP contribution in [0, 0.1) is 6.92 Å². The van der Waals surface area contributed by atoms with E-state index in [0.29, 0.717) is 41.4 Å². The van der Waals surface area contributed by atoms with Crippen LogP contribution in [-0.4, -0.2) is 39.9 Å². The number of nitrogens with zero attached hydrogens (tertiary/aromatic N) is 2. The van der Waals surface area contributed by atoms with Gasteiger partial charge in [-0.25, -0.2) is 4.98 Å². The third kappa shape index (κ3) is 6.77. The number of hydrogen-bond donors (Lipinski definition) is 0. The molecule has 4 aromatic rings. The van der Waals surface area contributed by atoms with Crippen molar-refractivity contribution in [2.75, 3.05) is 6.61 Å². The number of carbonyl (C=O) groups excluding carboxylic acids is 3. The van der Waals surface area contributed by atoms with Gasteiger partial charge in [-0.1, -0.05) is 42.0 Å². The van der Waals surface area contributed by atoms with Gasteiger partial charge >= 0.3 is 5.97 Å².